The maximum atomic E-state index is 10.1. The minimum absolute atomic E-state index is 0.329. The van der Waals surface area contributed by atoms with E-state index in [0.29, 0.717) is 11.5 Å². The molecule has 1 aliphatic heterocycles. The third-order valence-corrected chi connectivity index (χ3v) is 8.90. The van der Waals surface area contributed by atoms with Gasteiger partial charge in [-0.05, 0) is 106 Å². The van der Waals surface area contributed by atoms with E-state index in [1.54, 1.807) is 5.57 Å². The molecular weight excluding hydrogens is 370 g/mol. The molecule has 1 saturated heterocycles. The molecule has 0 aromatic rings. The van der Waals surface area contributed by atoms with Crippen LogP contribution in [0.4, 0.5) is 0 Å². The number of morpholine rings is 1. The maximum absolute atomic E-state index is 10.1. The van der Waals surface area contributed by atoms with Crippen molar-refractivity contribution in [1.29, 1.82) is 0 Å². The molecule has 0 aromatic heterocycles. The smallest absolute Gasteiger partial charge is 0.0787 e. The van der Waals surface area contributed by atoms with Gasteiger partial charge in [-0.1, -0.05) is 31.2 Å². The number of hydrogen-bond donors (Lipinski definition) is 1. The zero-order chi connectivity index (χ0) is 21.1. The Hall–Kier alpha value is -0.900. The molecule has 0 amide bonds. The van der Waals surface area contributed by atoms with Crippen molar-refractivity contribution in [1.82, 2.24) is 4.90 Å². The first kappa shape index (κ1) is 22.3. The van der Waals surface area contributed by atoms with Gasteiger partial charge in [-0.2, -0.15) is 0 Å². The lowest BCUT2D eigenvalue weighted by Gasteiger charge is -2.43. The van der Waals surface area contributed by atoms with Gasteiger partial charge in [0, 0.05) is 12.6 Å². The molecule has 0 radical (unpaired) electrons. The summed E-state index contributed by atoms with van der Waals surface area (Å²) in [6.07, 6.45) is 16.9. The van der Waals surface area contributed by atoms with Gasteiger partial charge < -0.3 is 9.84 Å². The van der Waals surface area contributed by atoms with E-state index in [1.165, 1.54) is 57.1 Å². The van der Waals surface area contributed by atoms with Crippen LogP contribution in [0.2, 0.25) is 0 Å². The minimum atomic E-state index is -0.329. The van der Waals surface area contributed by atoms with Crippen molar-refractivity contribution in [2.45, 2.75) is 90.2 Å². The summed E-state index contributed by atoms with van der Waals surface area (Å²) in [6, 6.07) is 0.580. The molecule has 0 aromatic carbocycles. The zero-order valence-corrected chi connectivity index (χ0v) is 19.4. The number of allylic oxidation sites excluding steroid dienone is 3. The largest absolute Gasteiger partial charge is 0.388 e. The average molecular weight is 414 g/mol. The summed E-state index contributed by atoms with van der Waals surface area (Å²) in [5, 5.41) is 10.1. The molecule has 168 valence electrons. The molecule has 4 fully saturated rings. The predicted molar refractivity (Wildman–Crippen MR) is 124 cm³/mol. The van der Waals surface area contributed by atoms with E-state index in [2.05, 4.69) is 37.5 Å². The maximum Gasteiger partial charge on any atom is 0.0787 e. The first-order valence-electron chi connectivity index (χ1n) is 12.6. The lowest BCUT2D eigenvalue weighted by molar-refractivity contribution is -0.00228. The molecule has 4 rings (SSSR count). The van der Waals surface area contributed by atoms with Gasteiger partial charge in [-0.25, -0.2) is 0 Å². The molecule has 1 heterocycles. The number of ether oxygens (including phenoxy) is 1. The second kappa shape index (κ2) is 9.71. The van der Waals surface area contributed by atoms with Crippen LogP contribution in [0, 0.1) is 17.3 Å². The summed E-state index contributed by atoms with van der Waals surface area (Å²) in [5.41, 5.74) is 4.40. The molecule has 3 nitrogen and oxygen atoms in total. The van der Waals surface area contributed by atoms with Crippen molar-refractivity contribution in [2.24, 2.45) is 17.3 Å². The fourth-order valence-corrected chi connectivity index (χ4v) is 6.89. The van der Waals surface area contributed by atoms with Crippen LogP contribution in [-0.2, 0) is 4.74 Å². The third kappa shape index (κ3) is 4.64. The number of nitrogens with zero attached hydrogens (tertiary/aromatic N) is 1. The van der Waals surface area contributed by atoms with Gasteiger partial charge in [-0.15, -0.1) is 0 Å². The molecule has 3 heteroatoms. The van der Waals surface area contributed by atoms with Gasteiger partial charge in [0.25, 0.3) is 0 Å². The summed E-state index contributed by atoms with van der Waals surface area (Å²) in [4.78, 5) is 2.63. The highest BCUT2D eigenvalue weighted by Gasteiger charge is 2.48. The van der Waals surface area contributed by atoms with E-state index in [0.717, 1.165) is 56.4 Å². The molecule has 30 heavy (non-hydrogen) atoms. The van der Waals surface area contributed by atoms with Gasteiger partial charge in [0.2, 0.25) is 0 Å². The third-order valence-electron chi connectivity index (χ3n) is 8.90. The normalized spacial score (nSPS) is 40.8. The Kier molecular flexibility index (Phi) is 7.22. The van der Waals surface area contributed by atoms with E-state index >= 15 is 0 Å². The number of rotatable bonds is 5. The zero-order valence-electron chi connectivity index (χ0n) is 19.4. The number of fused-ring (bicyclic) bond motifs is 1. The molecule has 5 atom stereocenters. The Bertz CT molecular complexity index is 680. The van der Waals surface area contributed by atoms with Crippen molar-refractivity contribution < 1.29 is 9.84 Å². The van der Waals surface area contributed by atoms with Crippen molar-refractivity contribution in [3.8, 4) is 0 Å². The predicted octanol–water partition coefficient (Wildman–Crippen LogP) is 5.66. The topological polar surface area (TPSA) is 32.7 Å². The van der Waals surface area contributed by atoms with Crippen LogP contribution >= 0.6 is 0 Å². The average Bonchev–Trinajstić information content (AvgIpc) is 3.07. The van der Waals surface area contributed by atoms with Crippen LogP contribution < -0.4 is 0 Å². The highest BCUT2D eigenvalue weighted by atomic mass is 16.5. The Morgan fingerprint density at radius 3 is 2.90 bits per heavy atom. The summed E-state index contributed by atoms with van der Waals surface area (Å²) < 4.78 is 5.60. The van der Waals surface area contributed by atoms with Crippen molar-refractivity contribution in [2.75, 3.05) is 26.3 Å². The van der Waals surface area contributed by atoms with E-state index < -0.39 is 0 Å². The quantitative estimate of drug-likeness (QED) is 0.631. The van der Waals surface area contributed by atoms with Gasteiger partial charge in [-0.3, -0.25) is 4.90 Å². The Balaban J connectivity index is 1.37. The molecule has 4 aliphatic rings. The van der Waals surface area contributed by atoms with Crippen LogP contribution in [0.3, 0.4) is 0 Å². The summed E-state index contributed by atoms with van der Waals surface area (Å²) in [7, 11) is 0. The molecular formula is C27H43NO2. The number of aliphatic hydroxyl groups is 1. The van der Waals surface area contributed by atoms with Crippen molar-refractivity contribution >= 4 is 0 Å². The highest BCUT2D eigenvalue weighted by molar-refractivity contribution is 5.37. The lowest BCUT2D eigenvalue weighted by atomic mass is 9.62. The van der Waals surface area contributed by atoms with Crippen LogP contribution in [0.25, 0.3) is 0 Å². The van der Waals surface area contributed by atoms with Crippen LogP contribution in [0.5, 0.6) is 0 Å². The second-order valence-electron chi connectivity index (χ2n) is 10.7. The first-order valence-corrected chi connectivity index (χ1v) is 12.6. The minimum Gasteiger partial charge on any atom is -0.388 e. The molecule has 0 bridgehead atoms. The molecule has 0 spiro atoms. The molecule has 3 aliphatic carbocycles. The van der Waals surface area contributed by atoms with E-state index in [9.17, 15) is 5.11 Å². The van der Waals surface area contributed by atoms with E-state index in [1.807, 2.05) is 0 Å². The van der Waals surface area contributed by atoms with Crippen molar-refractivity contribution in [3.63, 3.8) is 0 Å². The van der Waals surface area contributed by atoms with Crippen LogP contribution in [0.1, 0.15) is 78.1 Å². The monoisotopic (exact) mass is 413 g/mol. The van der Waals surface area contributed by atoms with Crippen molar-refractivity contribution in [3.05, 3.63) is 35.5 Å². The molecule has 1 N–H and O–H groups in total. The van der Waals surface area contributed by atoms with Gasteiger partial charge in [0.05, 0.1) is 19.3 Å². The fraction of sp³-hybridized carbons (Fsp3) is 0.778. The SMILES string of the molecule is C=C1/C(=C\C=C2/CCCC3(C)C(CCCN4CCOC[C@@H]4C)CCC23)CCCC1O. The van der Waals surface area contributed by atoms with E-state index in [4.69, 9.17) is 4.74 Å². The van der Waals surface area contributed by atoms with E-state index in [-0.39, 0.29) is 6.10 Å². The molecule has 4 unspecified atom stereocenters. The van der Waals surface area contributed by atoms with Gasteiger partial charge >= 0.3 is 0 Å². The first-order chi connectivity index (χ1) is 14.5. The Morgan fingerprint density at radius 2 is 2.07 bits per heavy atom. The van der Waals surface area contributed by atoms with Gasteiger partial charge in [0.15, 0.2) is 0 Å². The number of hydrogen-bond acceptors (Lipinski definition) is 3. The Morgan fingerprint density at radius 1 is 1.20 bits per heavy atom. The number of aliphatic hydroxyl groups excluding tert-OH is 1. The second-order valence-corrected chi connectivity index (χ2v) is 10.7. The molecule has 3 saturated carbocycles. The summed E-state index contributed by atoms with van der Waals surface area (Å²) in [6.45, 7) is 13.2. The lowest BCUT2D eigenvalue weighted by Crippen LogP contribution is -2.44. The standard InChI is InChI=1S/C27H43NO2/c1-20-19-30-18-17-28(20)16-6-9-24-13-14-25-23(8-5-15-27(24,25)3)12-11-22-7-4-10-26(29)21(22)2/h11-12,20,24-26,29H,2,4-10,13-19H2,1,3H3/b22-11-,23-12+/t20-,24?,25?,26?,27?/m0/s1. The van der Waals surface area contributed by atoms with Crippen LogP contribution in [0.15, 0.2) is 35.5 Å². The summed E-state index contributed by atoms with van der Waals surface area (Å²) >= 11 is 0. The summed E-state index contributed by atoms with van der Waals surface area (Å²) in [5.74, 6) is 1.64. The highest BCUT2D eigenvalue weighted by Crippen LogP contribution is 2.58. The van der Waals surface area contributed by atoms with Crippen LogP contribution in [-0.4, -0.2) is 48.5 Å². The fourth-order valence-electron chi connectivity index (χ4n) is 6.89. The Labute approximate surface area is 184 Å². The van der Waals surface area contributed by atoms with Gasteiger partial charge in [0.1, 0.15) is 0 Å².